The summed E-state index contributed by atoms with van der Waals surface area (Å²) in [5.41, 5.74) is 1.95. The van der Waals surface area contributed by atoms with Crippen LogP contribution in [0.15, 0.2) is 54.6 Å². The monoisotopic (exact) mass is 382 g/mol. The van der Waals surface area contributed by atoms with Crippen LogP contribution < -0.4 is 10.1 Å². The lowest BCUT2D eigenvalue weighted by Crippen LogP contribution is -2.51. The van der Waals surface area contributed by atoms with Crippen molar-refractivity contribution in [1.29, 1.82) is 0 Å². The fraction of sp³-hybridized carbons (Fsp3) is 0.391. The van der Waals surface area contributed by atoms with Gasteiger partial charge in [0.1, 0.15) is 11.8 Å². The van der Waals surface area contributed by atoms with Crippen molar-refractivity contribution < 1.29 is 14.3 Å². The molecule has 0 aromatic heterocycles. The van der Waals surface area contributed by atoms with Crippen molar-refractivity contribution >= 4 is 11.8 Å². The Hall–Kier alpha value is -2.82. The molecule has 2 aromatic carbocycles. The molecule has 2 amide bonds. The standard InChI is InChI=1S/C23H30N2O3/c1-5-25(16-19-11-13-20(28-4)14-12-19)23(27)22(17(2)3)24-21(26)15-18-9-7-6-8-10-18/h6-14,17,22H,5,15-16H2,1-4H3,(H,24,26). The van der Waals surface area contributed by atoms with Crippen molar-refractivity contribution in [3.8, 4) is 5.75 Å². The van der Waals surface area contributed by atoms with Crippen molar-refractivity contribution in [2.24, 2.45) is 5.92 Å². The first kappa shape index (κ1) is 21.5. The van der Waals surface area contributed by atoms with E-state index >= 15 is 0 Å². The van der Waals surface area contributed by atoms with E-state index in [0.717, 1.165) is 16.9 Å². The highest BCUT2D eigenvalue weighted by Crippen LogP contribution is 2.15. The van der Waals surface area contributed by atoms with Crippen LogP contribution in [0.3, 0.4) is 0 Å². The summed E-state index contributed by atoms with van der Waals surface area (Å²) in [6.45, 7) is 6.92. The molecule has 0 aliphatic carbocycles. The smallest absolute Gasteiger partial charge is 0.245 e. The minimum Gasteiger partial charge on any atom is -0.497 e. The number of likely N-dealkylation sites (N-methyl/N-ethyl adjacent to an activating group) is 1. The zero-order valence-corrected chi connectivity index (χ0v) is 17.1. The Labute approximate surface area is 167 Å². The zero-order valence-electron chi connectivity index (χ0n) is 17.1. The average Bonchev–Trinajstić information content (AvgIpc) is 2.70. The Balaban J connectivity index is 2.04. The van der Waals surface area contributed by atoms with E-state index in [4.69, 9.17) is 4.74 Å². The number of benzene rings is 2. The molecule has 0 saturated heterocycles. The Morgan fingerprint density at radius 3 is 2.18 bits per heavy atom. The van der Waals surface area contributed by atoms with E-state index in [2.05, 4.69) is 5.32 Å². The average molecular weight is 383 g/mol. The van der Waals surface area contributed by atoms with E-state index in [1.54, 1.807) is 12.0 Å². The summed E-state index contributed by atoms with van der Waals surface area (Å²) in [6, 6.07) is 16.7. The molecule has 1 atom stereocenters. The van der Waals surface area contributed by atoms with Gasteiger partial charge in [-0.2, -0.15) is 0 Å². The van der Waals surface area contributed by atoms with Gasteiger partial charge in [0.25, 0.3) is 0 Å². The van der Waals surface area contributed by atoms with E-state index in [0.29, 0.717) is 13.1 Å². The summed E-state index contributed by atoms with van der Waals surface area (Å²) >= 11 is 0. The summed E-state index contributed by atoms with van der Waals surface area (Å²) in [4.78, 5) is 27.4. The lowest BCUT2D eigenvalue weighted by atomic mass is 10.0. The predicted molar refractivity (Wildman–Crippen MR) is 111 cm³/mol. The Bertz CT molecular complexity index is 757. The summed E-state index contributed by atoms with van der Waals surface area (Å²) < 4.78 is 5.18. The maximum atomic E-state index is 13.1. The van der Waals surface area contributed by atoms with Crippen molar-refractivity contribution in [1.82, 2.24) is 10.2 Å². The maximum Gasteiger partial charge on any atom is 0.245 e. The zero-order chi connectivity index (χ0) is 20.5. The molecule has 0 saturated carbocycles. The number of rotatable bonds is 9. The number of amides is 2. The lowest BCUT2D eigenvalue weighted by molar-refractivity contribution is -0.138. The maximum absolute atomic E-state index is 13.1. The van der Waals surface area contributed by atoms with Crippen molar-refractivity contribution in [3.05, 3.63) is 65.7 Å². The number of ether oxygens (including phenoxy) is 1. The molecule has 0 fully saturated rings. The highest BCUT2D eigenvalue weighted by atomic mass is 16.5. The topological polar surface area (TPSA) is 58.6 Å². The van der Waals surface area contributed by atoms with Crippen LogP contribution in [-0.4, -0.2) is 36.4 Å². The number of carbonyl (C=O) groups is 2. The number of hydrogen-bond donors (Lipinski definition) is 1. The summed E-state index contributed by atoms with van der Waals surface area (Å²) in [5, 5.41) is 2.93. The van der Waals surface area contributed by atoms with Crippen LogP contribution in [0.25, 0.3) is 0 Å². The fourth-order valence-electron chi connectivity index (χ4n) is 3.01. The third-order valence-corrected chi connectivity index (χ3v) is 4.68. The van der Waals surface area contributed by atoms with Crippen molar-refractivity contribution in [2.45, 2.75) is 39.8 Å². The van der Waals surface area contributed by atoms with Crippen LogP contribution >= 0.6 is 0 Å². The molecule has 0 aliphatic heterocycles. The molecule has 150 valence electrons. The van der Waals surface area contributed by atoms with Gasteiger partial charge in [-0.05, 0) is 36.1 Å². The van der Waals surface area contributed by atoms with E-state index in [-0.39, 0.29) is 24.2 Å². The summed E-state index contributed by atoms with van der Waals surface area (Å²) in [7, 11) is 1.63. The molecule has 28 heavy (non-hydrogen) atoms. The molecule has 1 unspecified atom stereocenters. The van der Waals surface area contributed by atoms with E-state index in [1.807, 2.05) is 75.4 Å². The van der Waals surface area contributed by atoms with Gasteiger partial charge in [0.05, 0.1) is 13.5 Å². The van der Waals surface area contributed by atoms with Gasteiger partial charge in [0.2, 0.25) is 11.8 Å². The molecule has 0 heterocycles. The fourth-order valence-corrected chi connectivity index (χ4v) is 3.01. The molecule has 1 N–H and O–H groups in total. The highest BCUT2D eigenvalue weighted by molar-refractivity contribution is 5.88. The van der Waals surface area contributed by atoms with Crippen molar-refractivity contribution in [3.63, 3.8) is 0 Å². The molecule has 2 rings (SSSR count). The molecular formula is C23H30N2O3. The van der Waals surface area contributed by atoms with Gasteiger partial charge < -0.3 is 15.0 Å². The molecule has 5 nitrogen and oxygen atoms in total. The minimum absolute atomic E-state index is 0.00265. The van der Waals surface area contributed by atoms with E-state index < -0.39 is 6.04 Å². The SMILES string of the molecule is CCN(Cc1ccc(OC)cc1)C(=O)C(NC(=O)Cc1ccccc1)C(C)C. The largest absolute Gasteiger partial charge is 0.497 e. The van der Waals surface area contributed by atoms with Gasteiger partial charge in [0, 0.05) is 13.1 Å². The Kier molecular flexibility index (Phi) is 8.05. The van der Waals surface area contributed by atoms with Gasteiger partial charge in [-0.25, -0.2) is 0 Å². The molecule has 0 bridgehead atoms. The minimum atomic E-state index is -0.547. The lowest BCUT2D eigenvalue weighted by Gasteiger charge is -2.29. The van der Waals surface area contributed by atoms with Crippen LogP contribution in [0.2, 0.25) is 0 Å². The Morgan fingerprint density at radius 2 is 1.64 bits per heavy atom. The summed E-state index contributed by atoms with van der Waals surface area (Å²) in [6.07, 6.45) is 0.266. The number of nitrogens with zero attached hydrogens (tertiary/aromatic N) is 1. The van der Waals surface area contributed by atoms with Crippen LogP contribution in [0.4, 0.5) is 0 Å². The molecule has 0 aliphatic rings. The number of hydrogen-bond acceptors (Lipinski definition) is 3. The molecular weight excluding hydrogens is 352 g/mol. The molecule has 0 spiro atoms. The van der Waals surface area contributed by atoms with Gasteiger partial charge in [-0.1, -0.05) is 56.3 Å². The van der Waals surface area contributed by atoms with Gasteiger partial charge >= 0.3 is 0 Å². The highest BCUT2D eigenvalue weighted by Gasteiger charge is 2.28. The van der Waals surface area contributed by atoms with Crippen LogP contribution in [0, 0.1) is 5.92 Å². The third kappa shape index (κ3) is 6.12. The number of methoxy groups -OCH3 is 1. The number of carbonyl (C=O) groups excluding carboxylic acids is 2. The van der Waals surface area contributed by atoms with Gasteiger partial charge in [0.15, 0.2) is 0 Å². The summed E-state index contributed by atoms with van der Waals surface area (Å²) in [5.74, 6) is 0.581. The molecule has 0 radical (unpaired) electrons. The van der Waals surface area contributed by atoms with Crippen LogP contribution in [-0.2, 0) is 22.6 Å². The first-order valence-electron chi connectivity index (χ1n) is 9.69. The quantitative estimate of drug-likeness (QED) is 0.723. The van der Waals surface area contributed by atoms with Gasteiger partial charge in [-0.3, -0.25) is 9.59 Å². The molecule has 2 aromatic rings. The second kappa shape index (κ2) is 10.5. The third-order valence-electron chi connectivity index (χ3n) is 4.68. The van der Waals surface area contributed by atoms with E-state index in [9.17, 15) is 9.59 Å². The predicted octanol–water partition coefficient (Wildman–Crippen LogP) is 3.43. The Morgan fingerprint density at radius 1 is 1.00 bits per heavy atom. The normalized spacial score (nSPS) is 11.8. The van der Waals surface area contributed by atoms with Gasteiger partial charge in [-0.15, -0.1) is 0 Å². The second-order valence-electron chi connectivity index (χ2n) is 7.15. The van der Waals surface area contributed by atoms with Crippen LogP contribution in [0.5, 0.6) is 5.75 Å². The number of nitrogens with one attached hydrogen (secondary N) is 1. The van der Waals surface area contributed by atoms with Crippen LogP contribution in [0.1, 0.15) is 31.9 Å². The first-order valence-corrected chi connectivity index (χ1v) is 9.69. The van der Waals surface area contributed by atoms with E-state index in [1.165, 1.54) is 0 Å². The first-order chi connectivity index (χ1) is 13.4. The van der Waals surface area contributed by atoms with Crippen molar-refractivity contribution in [2.75, 3.05) is 13.7 Å². The second-order valence-corrected chi connectivity index (χ2v) is 7.15. The molecule has 5 heteroatoms.